The second-order valence-corrected chi connectivity index (χ2v) is 8.23. The first-order chi connectivity index (χ1) is 14.9. The van der Waals surface area contributed by atoms with Gasteiger partial charge in [0.1, 0.15) is 17.3 Å². The predicted octanol–water partition coefficient (Wildman–Crippen LogP) is 4.82. The molecular weight excluding hydrogens is 412 g/mol. The average molecular weight is 437 g/mol. The molecule has 7 nitrogen and oxygen atoms in total. The number of thiazole rings is 1. The Balaban J connectivity index is 1.47. The van der Waals surface area contributed by atoms with E-state index in [0.717, 1.165) is 21.7 Å². The summed E-state index contributed by atoms with van der Waals surface area (Å²) >= 11 is 1.54. The van der Waals surface area contributed by atoms with E-state index in [1.54, 1.807) is 16.8 Å². The van der Waals surface area contributed by atoms with Crippen LogP contribution in [0.1, 0.15) is 23.7 Å². The van der Waals surface area contributed by atoms with E-state index in [1.807, 2.05) is 32.0 Å². The van der Waals surface area contributed by atoms with Crippen LogP contribution in [0.3, 0.4) is 0 Å². The van der Waals surface area contributed by atoms with Crippen molar-refractivity contribution in [1.82, 2.24) is 14.8 Å². The van der Waals surface area contributed by atoms with Crippen LogP contribution in [0, 0.1) is 20.8 Å². The van der Waals surface area contributed by atoms with Crippen LogP contribution in [0.25, 0.3) is 15.3 Å². The second kappa shape index (κ2) is 8.77. The number of hydrogen-bond donors (Lipinski definition) is 1. The highest BCUT2D eigenvalue weighted by molar-refractivity contribution is 7.20. The first kappa shape index (κ1) is 20.9. The van der Waals surface area contributed by atoms with Crippen LogP contribution in [0.4, 0.5) is 5.82 Å². The minimum atomic E-state index is -0.275. The lowest BCUT2D eigenvalue weighted by molar-refractivity contribution is -0.118. The molecule has 0 aliphatic heterocycles. The fourth-order valence-electron chi connectivity index (χ4n) is 3.12. The van der Waals surface area contributed by atoms with Crippen molar-refractivity contribution in [1.29, 1.82) is 0 Å². The Kier molecular flexibility index (Phi) is 5.90. The minimum absolute atomic E-state index is 0.115. The molecule has 0 bridgehead atoms. The van der Waals surface area contributed by atoms with Gasteiger partial charge in [0.2, 0.25) is 5.13 Å². The number of ether oxygens (including phenoxy) is 2. The minimum Gasteiger partial charge on any atom is -0.494 e. The highest BCUT2D eigenvalue weighted by Crippen LogP contribution is 2.29. The molecule has 0 atom stereocenters. The van der Waals surface area contributed by atoms with Gasteiger partial charge in [0.05, 0.1) is 22.5 Å². The fraction of sp³-hybridized carbons (Fsp3) is 0.261. The van der Waals surface area contributed by atoms with Crippen LogP contribution in [-0.4, -0.2) is 33.9 Å². The molecule has 0 saturated heterocycles. The molecule has 0 aliphatic rings. The SMILES string of the molecule is CCOc1ccc(OCC(=O)Nc2cc(C)nn2-c2nc3cc(C)c(C)cc3s2)cc1. The Morgan fingerprint density at radius 1 is 1.03 bits per heavy atom. The highest BCUT2D eigenvalue weighted by atomic mass is 32.1. The molecule has 31 heavy (non-hydrogen) atoms. The first-order valence-electron chi connectivity index (χ1n) is 10.0. The third kappa shape index (κ3) is 4.69. The number of fused-ring (bicyclic) bond motifs is 1. The van der Waals surface area contributed by atoms with Crippen molar-refractivity contribution in [3.63, 3.8) is 0 Å². The molecule has 0 aliphatic carbocycles. The molecule has 8 heteroatoms. The van der Waals surface area contributed by atoms with E-state index in [4.69, 9.17) is 14.5 Å². The summed E-state index contributed by atoms with van der Waals surface area (Å²) in [7, 11) is 0. The maximum Gasteiger partial charge on any atom is 0.263 e. The van der Waals surface area contributed by atoms with E-state index in [0.29, 0.717) is 23.3 Å². The van der Waals surface area contributed by atoms with Gasteiger partial charge >= 0.3 is 0 Å². The van der Waals surface area contributed by atoms with Crippen LogP contribution in [0.2, 0.25) is 0 Å². The smallest absolute Gasteiger partial charge is 0.263 e. The van der Waals surface area contributed by atoms with Crippen LogP contribution in [0.15, 0.2) is 42.5 Å². The predicted molar refractivity (Wildman–Crippen MR) is 123 cm³/mol. The molecule has 0 fully saturated rings. The first-order valence-corrected chi connectivity index (χ1v) is 10.8. The largest absolute Gasteiger partial charge is 0.494 e. The van der Waals surface area contributed by atoms with Gasteiger partial charge < -0.3 is 14.8 Å². The zero-order chi connectivity index (χ0) is 22.0. The third-order valence-corrected chi connectivity index (χ3v) is 5.77. The zero-order valence-electron chi connectivity index (χ0n) is 17.9. The summed E-state index contributed by atoms with van der Waals surface area (Å²) in [6.45, 7) is 8.45. The van der Waals surface area contributed by atoms with Crippen LogP contribution in [0.5, 0.6) is 11.5 Å². The number of benzene rings is 2. The van der Waals surface area contributed by atoms with Crippen molar-refractivity contribution in [3.05, 3.63) is 59.3 Å². The number of aromatic nitrogens is 3. The fourth-order valence-corrected chi connectivity index (χ4v) is 4.13. The molecular formula is C23H24N4O3S. The van der Waals surface area contributed by atoms with Gasteiger partial charge in [-0.2, -0.15) is 9.78 Å². The summed E-state index contributed by atoms with van der Waals surface area (Å²) < 4.78 is 13.7. The standard InChI is InChI=1S/C23H24N4O3S/c1-5-29-17-6-8-18(9-7-17)30-13-22(28)25-21-12-16(4)26-27(21)23-24-19-10-14(2)15(3)11-20(19)31-23/h6-12H,5,13H2,1-4H3,(H,25,28). The summed E-state index contributed by atoms with van der Waals surface area (Å²) in [5.74, 6) is 1.65. The number of rotatable bonds is 7. The van der Waals surface area contributed by atoms with Gasteiger partial charge in [0, 0.05) is 6.07 Å². The zero-order valence-corrected chi connectivity index (χ0v) is 18.7. The normalized spacial score (nSPS) is 11.0. The molecule has 1 amide bonds. The number of amides is 1. The maximum atomic E-state index is 12.5. The average Bonchev–Trinajstić information content (AvgIpc) is 3.30. The number of hydrogen-bond acceptors (Lipinski definition) is 6. The molecule has 0 saturated carbocycles. The van der Waals surface area contributed by atoms with Crippen molar-refractivity contribution < 1.29 is 14.3 Å². The molecule has 0 unspecified atom stereocenters. The van der Waals surface area contributed by atoms with Gasteiger partial charge in [-0.05, 0) is 75.2 Å². The number of carbonyl (C=O) groups excluding carboxylic acids is 1. The Labute approximate surface area is 184 Å². The topological polar surface area (TPSA) is 78.3 Å². The lowest BCUT2D eigenvalue weighted by atomic mass is 10.1. The number of nitrogens with zero attached hydrogens (tertiary/aromatic N) is 3. The van der Waals surface area contributed by atoms with E-state index in [2.05, 4.69) is 36.4 Å². The van der Waals surface area contributed by atoms with E-state index in [-0.39, 0.29) is 12.5 Å². The van der Waals surface area contributed by atoms with Gasteiger partial charge in [-0.1, -0.05) is 11.3 Å². The molecule has 2 heterocycles. The Morgan fingerprint density at radius 3 is 2.42 bits per heavy atom. The lowest BCUT2D eigenvalue weighted by Gasteiger charge is -2.09. The monoisotopic (exact) mass is 436 g/mol. The lowest BCUT2D eigenvalue weighted by Crippen LogP contribution is -2.21. The number of nitrogens with one attached hydrogen (secondary N) is 1. The van der Waals surface area contributed by atoms with Gasteiger partial charge in [0.15, 0.2) is 6.61 Å². The van der Waals surface area contributed by atoms with Gasteiger partial charge in [-0.3, -0.25) is 4.79 Å². The van der Waals surface area contributed by atoms with E-state index < -0.39 is 0 Å². The number of aryl methyl sites for hydroxylation is 3. The molecule has 160 valence electrons. The molecule has 1 N–H and O–H groups in total. The van der Waals surface area contributed by atoms with Crippen molar-refractivity contribution in [2.45, 2.75) is 27.7 Å². The van der Waals surface area contributed by atoms with Crippen molar-refractivity contribution in [2.24, 2.45) is 0 Å². The highest BCUT2D eigenvalue weighted by Gasteiger charge is 2.15. The second-order valence-electron chi connectivity index (χ2n) is 7.22. The van der Waals surface area contributed by atoms with E-state index in [1.165, 1.54) is 22.5 Å². The van der Waals surface area contributed by atoms with Crippen molar-refractivity contribution >= 4 is 33.3 Å². The Morgan fingerprint density at radius 2 is 1.71 bits per heavy atom. The molecule has 4 aromatic rings. The molecule has 2 aromatic heterocycles. The Bertz CT molecular complexity index is 1190. The van der Waals surface area contributed by atoms with Crippen molar-refractivity contribution in [2.75, 3.05) is 18.5 Å². The van der Waals surface area contributed by atoms with Crippen molar-refractivity contribution in [3.8, 4) is 16.6 Å². The van der Waals surface area contributed by atoms with Crippen LogP contribution < -0.4 is 14.8 Å². The maximum absolute atomic E-state index is 12.5. The quantitative estimate of drug-likeness (QED) is 0.449. The molecule has 2 aromatic carbocycles. The van der Waals surface area contributed by atoms with Crippen LogP contribution in [-0.2, 0) is 4.79 Å². The molecule has 0 spiro atoms. The third-order valence-electron chi connectivity index (χ3n) is 4.78. The Hall–Kier alpha value is -3.39. The van der Waals surface area contributed by atoms with Gasteiger partial charge in [-0.25, -0.2) is 4.98 Å². The molecule has 4 rings (SSSR count). The van der Waals surface area contributed by atoms with Gasteiger partial charge in [-0.15, -0.1) is 0 Å². The summed E-state index contributed by atoms with van der Waals surface area (Å²) in [6.07, 6.45) is 0. The number of anilines is 1. The summed E-state index contributed by atoms with van der Waals surface area (Å²) in [5.41, 5.74) is 4.13. The van der Waals surface area contributed by atoms with Crippen LogP contribution >= 0.6 is 11.3 Å². The molecule has 0 radical (unpaired) electrons. The summed E-state index contributed by atoms with van der Waals surface area (Å²) in [6, 6.07) is 13.2. The summed E-state index contributed by atoms with van der Waals surface area (Å²) in [4.78, 5) is 17.2. The van der Waals surface area contributed by atoms with E-state index >= 15 is 0 Å². The van der Waals surface area contributed by atoms with Gasteiger partial charge in [0.25, 0.3) is 5.91 Å². The van der Waals surface area contributed by atoms with E-state index in [9.17, 15) is 4.79 Å². The summed E-state index contributed by atoms with van der Waals surface area (Å²) in [5, 5.41) is 8.10. The number of carbonyl (C=O) groups is 1.